The molecule has 3 N–H and O–H groups in total. The lowest BCUT2D eigenvalue weighted by Crippen LogP contribution is -2.30. The van der Waals surface area contributed by atoms with Crippen molar-refractivity contribution in [1.82, 2.24) is 20.3 Å². The van der Waals surface area contributed by atoms with Crippen molar-refractivity contribution in [3.05, 3.63) is 90.0 Å². The number of carbonyl (C=O) groups is 2. The van der Waals surface area contributed by atoms with E-state index in [9.17, 15) is 9.59 Å². The summed E-state index contributed by atoms with van der Waals surface area (Å²) in [5.74, 6) is 1.03. The van der Waals surface area contributed by atoms with Crippen molar-refractivity contribution in [2.24, 2.45) is 0 Å². The molecule has 0 saturated carbocycles. The molecule has 6 heteroatoms. The number of fused-ring (bicyclic) bond motifs is 2. The van der Waals surface area contributed by atoms with E-state index in [-0.39, 0.29) is 11.9 Å². The Labute approximate surface area is 229 Å². The molecule has 0 aliphatic rings. The highest BCUT2D eigenvalue weighted by atomic mass is 16.1. The molecule has 3 aromatic carbocycles. The zero-order valence-corrected chi connectivity index (χ0v) is 22.7. The van der Waals surface area contributed by atoms with E-state index in [1.807, 2.05) is 31.5 Å². The molecule has 0 spiro atoms. The minimum absolute atomic E-state index is 0.0350. The van der Waals surface area contributed by atoms with Crippen LogP contribution in [0.3, 0.4) is 0 Å². The first-order valence-electron chi connectivity index (χ1n) is 13.9. The van der Waals surface area contributed by atoms with Crippen molar-refractivity contribution in [3.63, 3.8) is 0 Å². The van der Waals surface area contributed by atoms with E-state index in [2.05, 4.69) is 70.7 Å². The van der Waals surface area contributed by atoms with Gasteiger partial charge >= 0.3 is 0 Å². The van der Waals surface area contributed by atoms with Gasteiger partial charge in [0.25, 0.3) is 0 Å². The third-order valence-corrected chi connectivity index (χ3v) is 7.44. The normalized spacial score (nSPS) is 12.2. The Bertz CT molecular complexity index is 1600. The standard InChI is InChI=1S/C33H36N4O2/c1-3-27(38)11-5-4-6-12-30(36-32(39)19-26-20-34-29-16-13-22(2)17-28(26)29)33-35-21-31(37-33)25-15-14-23-9-7-8-10-24(23)18-25/h7-10,13-18,20-21,30,34H,3-6,11-12,19H2,1-2H3,(H,35,37)(H,36,39)/t30-/m0/s1. The first-order chi connectivity index (χ1) is 19.0. The molecule has 0 bridgehead atoms. The maximum absolute atomic E-state index is 13.3. The van der Waals surface area contributed by atoms with E-state index < -0.39 is 0 Å². The molecule has 200 valence electrons. The number of carbonyl (C=O) groups excluding carboxylic acids is 2. The lowest BCUT2D eigenvalue weighted by molar-refractivity contribution is -0.121. The highest BCUT2D eigenvalue weighted by Crippen LogP contribution is 2.26. The lowest BCUT2D eigenvalue weighted by Gasteiger charge is -2.17. The van der Waals surface area contributed by atoms with Gasteiger partial charge in [-0.2, -0.15) is 0 Å². The van der Waals surface area contributed by atoms with Crippen LogP contribution in [-0.4, -0.2) is 26.6 Å². The number of nitrogens with one attached hydrogen (secondary N) is 3. The molecule has 0 aliphatic heterocycles. The Hall–Kier alpha value is -4.19. The monoisotopic (exact) mass is 520 g/mol. The molecule has 5 aromatic rings. The quantitative estimate of drug-likeness (QED) is 0.150. The topological polar surface area (TPSA) is 90.6 Å². The minimum Gasteiger partial charge on any atom is -0.361 e. The maximum Gasteiger partial charge on any atom is 0.225 e. The number of imidazole rings is 1. The molecule has 5 rings (SSSR count). The van der Waals surface area contributed by atoms with Gasteiger partial charge in [-0.1, -0.05) is 67.8 Å². The summed E-state index contributed by atoms with van der Waals surface area (Å²) in [6.07, 6.45) is 8.76. The van der Waals surface area contributed by atoms with Crippen LogP contribution < -0.4 is 5.32 Å². The Morgan fingerprint density at radius 2 is 1.82 bits per heavy atom. The number of ketones is 1. The van der Waals surface area contributed by atoms with Crippen LogP contribution in [0.2, 0.25) is 0 Å². The number of benzene rings is 3. The van der Waals surface area contributed by atoms with Crippen LogP contribution in [0.1, 0.15) is 68.4 Å². The van der Waals surface area contributed by atoms with Crippen LogP contribution >= 0.6 is 0 Å². The maximum atomic E-state index is 13.3. The molecule has 1 atom stereocenters. The fourth-order valence-corrected chi connectivity index (χ4v) is 5.18. The predicted octanol–water partition coefficient (Wildman–Crippen LogP) is 7.35. The van der Waals surface area contributed by atoms with Crippen LogP contribution in [0.5, 0.6) is 0 Å². The van der Waals surface area contributed by atoms with Crippen molar-refractivity contribution < 1.29 is 9.59 Å². The molecular formula is C33H36N4O2. The van der Waals surface area contributed by atoms with Gasteiger partial charge in [-0.3, -0.25) is 9.59 Å². The minimum atomic E-state index is -0.236. The van der Waals surface area contributed by atoms with Gasteiger partial charge in [0, 0.05) is 35.5 Å². The summed E-state index contributed by atoms with van der Waals surface area (Å²) in [6, 6.07) is 20.7. The molecule has 2 aromatic heterocycles. The van der Waals surface area contributed by atoms with Gasteiger partial charge in [0.2, 0.25) is 5.91 Å². The van der Waals surface area contributed by atoms with Gasteiger partial charge < -0.3 is 15.3 Å². The Morgan fingerprint density at radius 1 is 0.974 bits per heavy atom. The number of aryl methyl sites for hydroxylation is 1. The fraction of sp³-hybridized carbons (Fsp3) is 0.303. The third-order valence-electron chi connectivity index (χ3n) is 7.44. The van der Waals surface area contributed by atoms with Gasteiger partial charge in [0.15, 0.2) is 0 Å². The number of aromatic nitrogens is 3. The molecule has 2 heterocycles. The van der Waals surface area contributed by atoms with Gasteiger partial charge in [0.1, 0.15) is 11.6 Å². The number of hydrogen-bond donors (Lipinski definition) is 3. The largest absolute Gasteiger partial charge is 0.361 e. The molecule has 0 unspecified atom stereocenters. The Balaban J connectivity index is 1.32. The third kappa shape index (κ3) is 6.45. The molecule has 0 aliphatic carbocycles. The van der Waals surface area contributed by atoms with Gasteiger partial charge in [0.05, 0.1) is 24.4 Å². The summed E-state index contributed by atoms with van der Waals surface area (Å²) < 4.78 is 0. The van der Waals surface area contributed by atoms with Crippen LogP contribution in [-0.2, 0) is 16.0 Å². The van der Waals surface area contributed by atoms with Crippen molar-refractivity contribution in [2.45, 2.75) is 64.8 Å². The lowest BCUT2D eigenvalue weighted by atomic mass is 10.0. The number of H-pyrrole nitrogens is 2. The fourth-order valence-electron chi connectivity index (χ4n) is 5.18. The smallest absolute Gasteiger partial charge is 0.225 e. The molecule has 6 nitrogen and oxygen atoms in total. The summed E-state index contributed by atoms with van der Waals surface area (Å²) in [4.78, 5) is 36.4. The van der Waals surface area contributed by atoms with Crippen molar-refractivity contribution in [2.75, 3.05) is 0 Å². The van der Waals surface area contributed by atoms with Crippen LogP contribution in [0.15, 0.2) is 73.1 Å². The molecular weight excluding hydrogens is 484 g/mol. The van der Waals surface area contributed by atoms with E-state index in [0.717, 1.165) is 59.2 Å². The van der Waals surface area contributed by atoms with Crippen LogP contribution in [0.25, 0.3) is 32.9 Å². The van der Waals surface area contributed by atoms with Crippen molar-refractivity contribution >= 4 is 33.4 Å². The highest BCUT2D eigenvalue weighted by Gasteiger charge is 2.19. The Kier molecular flexibility index (Phi) is 8.21. The summed E-state index contributed by atoms with van der Waals surface area (Å²) in [6.45, 7) is 3.97. The first-order valence-corrected chi connectivity index (χ1v) is 13.9. The van der Waals surface area contributed by atoms with Gasteiger partial charge in [-0.15, -0.1) is 0 Å². The second-order valence-electron chi connectivity index (χ2n) is 10.4. The number of unbranched alkanes of at least 4 members (excludes halogenated alkanes) is 2. The number of amides is 1. The van der Waals surface area contributed by atoms with Gasteiger partial charge in [-0.05, 0) is 54.3 Å². The van der Waals surface area contributed by atoms with Crippen molar-refractivity contribution in [3.8, 4) is 11.3 Å². The van der Waals surface area contributed by atoms with Crippen molar-refractivity contribution in [1.29, 1.82) is 0 Å². The van der Waals surface area contributed by atoms with E-state index >= 15 is 0 Å². The number of nitrogens with zero attached hydrogens (tertiary/aromatic N) is 1. The zero-order chi connectivity index (χ0) is 27.2. The second-order valence-corrected chi connectivity index (χ2v) is 10.4. The average Bonchev–Trinajstić information content (AvgIpc) is 3.59. The molecule has 39 heavy (non-hydrogen) atoms. The molecule has 1 amide bonds. The van der Waals surface area contributed by atoms with Gasteiger partial charge in [-0.25, -0.2) is 4.98 Å². The zero-order valence-electron chi connectivity index (χ0n) is 22.7. The summed E-state index contributed by atoms with van der Waals surface area (Å²) in [7, 11) is 0. The number of hydrogen-bond acceptors (Lipinski definition) is 3. The number of aromatic amines is 2. The number of rotatable bonds is 12. The summed E-state index contributed by atoms with van der Waals surface area (Å²) in [5.41, 5.74) is 5.17. The summed E-state index contributed by atoms with van der Waals surface area (Å²) in [5, 5.41) is 6.69. The SMILES string of the molecule is CCC(=O)CCCCC[C@H](NC(=O)Cc1c[nH]c2ccc(C)cc12)c1ncc(-c2ccc3ccccc3c2)[nH]1. The van der Waals surface area contributed by atoms with E-state index in [1.54, 1.807) is 0 Å². The Morgan fingerprint density at radius 3 is 2.67 bits per heavy atom. The van der Waals surface area contributed by atoms with E-state index in [0.29, 0.717) is 25.0 Å². The predicted molar refractivity (Wildman–Crippen MR) is 158 cm³/mol. The molecule has 0 radical (unpaired) electrons. The van der Waals surface area contributed by atoms with Crippen LogP contribution in [0.4, 0.5) is 0 Å². The van der Waals surface area contributed by atoms with E-state index in [1.165, 1.54) is 16.3 Å². The average molecular weight is 521 g/mol. The van der Waals surface area contributed by atoms with E-state index in [4.69, 9.17) is 4.98 Å². The molecule has 0 saturated heterocycles. The number of Topliss-reactive ketones (excluding diaryl/α,β-unsaturated/α-hetero) is 1. The summed E-state index contributed by atoms with van der Waals surface area (Å²) >= 11 is 0. The molecule has 0 fully saturated rings. The van der Waals surface area contributed by atoms with Crippen LogP contribution in [0, 0.1) is 6.92 Å². The highest BCUT2D eigenvalue weighted by molar-refractivity contribution is 5.89. The first kappa shape index (κ1) is 26.4. The second kappa shape index (κ2) is 12.1.